The second kappa shape index (κ2) is 4.64. The van der Waals surface area contributed by atoms with Crippen LogP contribution in [0.15, 0.2) is 5.10 Å². The summed E-state index contributed by atoms with van der Waals surface area (Å²) in [5.41, 5.74) is 1.41. The molecule has 13 heavy (non-hydrogen) atoms. The first-order valence-electron chi connectivity index (χ1n) is 5.43. The molecule has 0 aromatic heterocycles. The molecule has 1 aliphatic rings. The van der Waals surface area contributed by atoms with E-state index in [0.29, 0.717) is 5.92 Å². The van der Waals surface area contributed by atoms with E-state index in [4.69, 9.17) is 0 Å². The molecule has 0 radical (unpaired) electrons. The molecule has 0 heterocycles. The van der Waals surface area contributed by atoms with Crippen molar-refractivity contribution in [2.75, 3.05) is 13.6 Å². The molecule has 0 bridgehead atoms. The Morgan fingerprint density at radius 3 is 2.77 bits per heavy atom. The van der Waals surface area contributed by atoms with Gasteiger partial charge in [-0.25, -0.2) is 0 Å². The molecule has 2 heteroatoms. The number of rotatable bonds is 2. The van der Waals surface area contributed by atoms with E-state index in [0.717, 1.165) is 12.5 Å². The van der Waals surface area contributed by atoms with Gasteiger partial charge in [-0.1, -0.05) is 13.8 Å². The third kappa shape index (κ3) is 2.71. The zero-order chi connectivity index (χ0) is 9.84. The van der Waals surface area contributed by atoms with E-state index in [9.17, 15) is 0 Å². The Hall–Kier alpha value is -0.530. The summed E-state index contributed by atoms with van der Waals surface area (Å²) in [6, 6.07) is 0. The van der Waals surface area contributed by atoms with Gasteiger partial charge in [0.15, 0.2) is 0 Å². The highest BCUT2D eigenvalue weighted by Crippen LogP contribution is 2.27. The van der Waals surface area contributed by atoms with Crippen LogP contribution in [0.5, 0.6) is 0 Å². The number of nitrogens with zero attached hydrogens (tertiary/aromatic N) is 2. The molecule has 0 N–H and O–H groups in total. The van der Waals surface area contributed by atoms with Crippen LogP contribution in [0.4, 0.5) is 0 Å². The van der Waals surface area contributed by atoms with Crippen LogP contribution in [0, 0.1) is 11.8 Å². The quantitative estimate of drug-likeness (QED) is 0.600. The van der Waals surface area contributed by atoms with Crippen molar-refractivity contribution in [1.29, 1.82) is 0 Å². The lowest BCUT2D eigenvalue weighted by atomic mass is 9.80. The maximum atomic E-state index is 4.64. The van der Waals surface area contributed by atoms with Crippen LogP contribution >= 0.6 is 0 Å². The molecule has 1 saturated carbocycles. The molecule has 0 spiro atoms. The number of hydrogen-bond acceptors (Lipinski definition) is 2. The Morgan fingerprint density at radius 2 is 2.15 bits per heavy atom. The van der Waals surface area contributed by atoms with Crippen LogP contribution in [0.3, 0.4) is 0 Å². The third-order valence-electron chi connectivity index (χ3n) is 3.23. The lowest BCUT2D eigenvalue weighted by molar-refractivity contribution is 0.349. The zero-order valence-electron chi connectivity index (χ0n) is 9.38. The SMILES string of the molecule is CCN(C)/N=C1/CCCC(C)C1C. The smallest absolute Gasteiger partial charge is 0.0411 e. The van der Waals surface area contributed by atoms with E-state index >= 15 is 0 Å². The summed E-state index contributed by atoms with van der Waals surface area (Å²) in [5.74, 6) is 1.50. The summed E-state index contributed by atoms with van der Waals surface area (Å²) in [7, 11) is 2.05. The van der Waals surface area contributed by atoms with Gasteiger partial charge in [-0.3, -0.25) is 0 Å². The largest absolute Gasteiger partial charge is 0.300 e. The molecule has 0 aromatic rings. The summed E-state index contributed by atoms with van der Waals surface area (Å²) in [6.07, 6.45) is 3.90. The van der Waals surface area contributed by atoms with Gasteiger partial charge in [-0.2, -0.15) is 5.10 Å². The van der Waals surface area contributed by atoms with Crippen molar-refractivity contribution in [3.8, 4) is 0 Å². The van der Waals surface area contributed by atoms with Crippen molar-refractivity contribution in [3.63, 3.8) is 0 Å². The maximum absolute atomic E-state index is 4.64. The maximum Gasteiger partial charge on any atom is 0.0411 e. The topological polar surface area (TPSA) is 15.6 Å². The van der Waals surface area contributed by atoms with Gasteiger partial charge in [0.25, 0.3) is 0 Å². The fourth-order valence-corrected chi connectivity index (χ4v) is 1.84. The predicted molar refractivity (Wildman–Crippen MR) is 57.9 cm³/mol. The molecule has 0 aliphatic heterocycles. The van der Waals surface area contributed by atoms with Crippen LogP contribution in [0.25, 0.3) is 0 Å². The average Bonchev–Trinajstić information content (AvgIpc) is 2.13. The normalized spacial score (nSPS) is 32.2. The Kier molecular flexibility index (Phi) is 3.76. The van der Waals surface area contributed by atoms with E-state index < -0.39 is 0 Å². The van der Waals surface area contributed by atoms with Crippen LogP contribution in [-0.2, 0) is 0 Å². The minimum absolute atomic E-state index is 0.683. The second-order valence-corrected chi connectivity index (χ2v) is 4.22. The highest BCUT2D eigenvalue weighted by atomic mass is 15.4. The summed E-state index contributed by atoms with van der Waals surface area (Å²) in [5, 5.41) is 6.68. The lowest BCUT2D eigenvalue weighted by Crippen LogP contribution is -2.27. The standard InChI is InChI=1S/C11H22N2/c1-5-13(4)12-11-8-6-7-9(2)10(11)3/h9-10H,5-8H2,1-4H3/b12-11-. The molecule has 2 nitrogen and oxygen atoms in total. The molecule has 0 aromatic carbocycles. The van der Waals surface area contributed by atoms with E-state index in [1.54, 1.807) is 0 Å². The molecule has 0 amide bonds. The first kappa shape index (κ1) is 10.6. The van der Waals surface area contributed by atoms with Crippen molar-refractivity contribution < 1.29 is 0 Å². The summed E-state index contributed by atoms with van der Waals surface area (Å²) in [6.45, 7) is 7.79. The van der Waals surface area contributed by atoms with Crippen molar-refractivity contribution in [3.05, 3.63) is 0 Å². The number of hydrogen-bond donors (Lipinski definition) is 0. The molecule has 1 aliphatic carbocycles. The van der Waals surface area contributed by atoms with Gasteiger partial charge in [-0.15, -0.1) is 0 Å². The number of hydrazone groups is 1. The van der Waals surface area contributed by atoms with Crippen molar-refractivity contribution in [1.82, 2.24) is 5.01 Å². The Bertz CT molecular complexity index is 187. The molecular formula is C11H22N2. The fraction of sp³-hybridized carbons (Fsp3) is 0.909. The van der Waals surface area contributed by atoms with Gasteiger partial charge in [0.2, 0.25) is 0 Å². The van der Waals surface area contributed by atoms with Gasteiger partial charge < -0.3 is 5.01 Å². The van der Waals surface area contributed by atoms with Crippen LogP contribution in [0.1, 0.15) is 40.0 Å². The lowest BCUT2D eigenvalue weighted by Gasteiger charge is -2.28. The average molecular weight is 182 g/mol. The molecule has 2 unspecified atom stereocenters. The fourth-order valence-electron chi connectivity index (χ4n) is 1.84. The minimum Gasteiger partial charge on any atom is -0.300 e. The summed E-state index contributed by atoms with van der Waals surface area (Å²) in [4.78, 5) is 0. The highest BCUT2D eigenvalue weighted by molar-refractivity contribution is 5.87. The second-order valence-electron chi connectivity index (χ2n) is 4.22. The van der Waals surface area contributed by atoms with Gasteiger partial charge in [0, 0.05) is 19.3 Å². The molecule has 1 fully saturated rings. The molecular weight excluding hydrogens is 160 g/mol. The first-order chi connectivity index (χ1) is 6.15. The van der Waals surface area contributed by atoms with Gasteiger partial charge in [0.05, 0.1) is 0 Å². The first-order valence-corrected chi connectivity index (χ1v) is 5.43. The minimum atomic E-state index is 0.683. The van der Waals surface area contributed by atoms with Crippen LogP contribution in [-0.4, -0.2) is 24.3 Å². The zero-order valence-corrected chi connectivity index (χ0v) is 9.38. The van der Waals surface area contributed by atoms with Crippen molar-refractivity contribution in [2.45, 2.75) is 40.0 Å². The van der Waals surface area contributed by atoms with Crippen molar-refractivity contribution in [2.24, 2.45) is 16.9 Å². The Morgan fingerprint density at radius 1 is 1.46 bits per heavy atom. The van der Waals surface area contributed by atoms with E-state index in [2.05, 4.69) is 32.9 Å². The predicted octanol–water partition coefficient (Wildman–Crippen LogP) is 2.75. The monoisotopic (exact) mass is 182 g/mol. The van der Waals surface area contributed by atoms with E-state index in [1.165, 1.54) is 25.0 Å². The molecule has 2 atom stereocenters. The van der Waals surface area contributed by atoms with Gasteiger partial charge >= 0.3 is 0 Å². The van der Waals surface area contributed by atoms with Gasteiger partial charge in [-0.05, 0) is 38.0 Å². The molecule has 0 saturated heterocycles. The van der Waals surface area contributed by atoms with Crippen LogP contribution in [0.2, 0.25) is 0 Å². The summed E-state index contributed by atoms with van der Waals surface area (Å²) < 4.78 is 0. The Balaban J connectivity index is 2.61. The van der Waals surface area contributed by atoms with Crippen LogP contribution < -0.4 is 0 Å². The molecule has 1 rings (SSSR count). The van der Waals surface area contributed by atoms with Crippen molar-refractivity contribution >= 4 is 5.71 Å². The highest BCUT2D eigenvalue weighted by Gasteiger charge is 2.23. The Labute approximate surface area is 82.0 Å². The van der Waals surface area contributed by atoms with E-state index in [1.807, 2.05) is 5.01 Å². The molecule has 76 valence electrons. The van der Waals surface area contributed by atoms with E-state index in [-0.39, 0.29) is 0 Å². The summed E-state index contributed by atoms with van der Waals surface area (Å²) >= 11 is 0. The third-order valence-corrected chi connectivity index (χ3v) is 3.23. The van der Waals surface area contributed by atoms with Gasteiger partial charge in [0.1, 0.15) is 0 Å².